The molecule has 1 amide bonds. The molecular weight excluding hydrogens is 285 g/mol. The van der Waals surface area contributed by atoms with Gasteiger partial charge in [0.1, 0.15) is 11.6 Å². The summed E-state index contributed by atoms with van der Waals surface area (Å²) in [5, 5.41) is 5.47. The van der Waals surface area contributed by atoms with Gasteiger partial charge in [0, 0.05) is 5.69 Å². The first-order valence-electron chi connectivity index (χ1n) is 5.61. The molecule has 0 aliphatic rings. The number of ether oxygens (including phenoxy) is 1. The van der Waals surface area contributed by atoms with E-state index < -0.39 is 11.9 Å². The Morgan fingerprint density at radius 2 is 2.05 bits per heavy atom. The van der Waals surface area contributed by atoms with Gasteiger partial charge in [0.15, 0.2) is 0 Å². The van der Waals surface area contributed by atoms with E-state index in [2.05, 4.69) is 20.4 Å². The zero-order valence-electron chi connectivity index (χ0n) is 10.5. The lowest BCUT2D eigenvalue weighted by molar-refractivity contribution is 0.187. The lowest BCUT2D eigenvalue weighted by Gasteiger charge is -2.08. The normalized spacial score (nSPS) is 9.95. The Morgan fingerprint density at radius 3 is 2.65 bits per heavy atom. The molecule has 0 atom stereocenters. The van der Waals surface area contributed by atoms with E-state index in [1.54, 1.807) is 18.2 Å². The van der Waals surface area contributed by atoms with Gasteiger partial charge in [-0.15, -0.1) is 0 Å². The predicted octanol–water partition coefficient (Wildman–Crippen LogP) is 3.80. The summed E-state index contributed by atoms with van der Waals surface area (Å²) in [7, 11) is 1.27. The van der Waals surface area contributed by atoms with Gasteiger partial charge in [0.25, 0.3) is 0 Å². The van der Waals surface area contributed by atoms with Crippen molar-refractivity contribution in [3.8, 4) is 0 Å². The van der Waals surface area contributed by atoms with E-state index in [0.717, 1.165) is 0 Å². The second-order valence-corrected chi connectivity index (χ2v) is 4.21. The molecule has 7 heteroatoms. The second-order valence-electron chi connectivity index (χ2n) is 3.80. The van der Waals surface area contributed by atoms with Gasteiger partial charge in [-0.1, -0.05) is 11.6 Å². The summed E-state index contributed by atoms with van der Waals surface area (Å²) in [6, 6.07) is 7.60. The summed E-state index contributed by atoms with van der Waals surface area (Å²) in [6.07, 6.45) is 0.922. The van der Waals surface area contributed by atoms with E-state index >= 15 is 0 Å². The van der Waals surface area contributed by atoms with Crippen LogP contribution < -0.4 is 10.6 Å². The number of anilines is 3. The highest BCUT2D eigenvalue weighted by Gasteiger charge is 2.03. The molecule has 1 heterocycles. The van der Waals surface area contributed by atoms with Gasteiger partial charge >= 0.3 is 6.09 Å². The van der Waals surface area contributed by atoms with Crippen LogP contribution >= 0.6 is 11.6 Å². The largest absolute Gasteiger partial charge is 0.453 e. The third-order valence-corrected chi connectivity index (χ3v) is 2.68. The number of rotatable bonds is 3. The monoisotopic (exact) mass is 295 g/mol. The van der Waals surface area contributed by atoms with Crippen LogP contribution in [0.3, 0.4) is 0 Å². The van der Waals surface area contributed by atoms with Crippen molar-refractivity contribution in [1.29, 1.82) is 0 Å². The first kappa shape index (κ1) is 14.1. The summed E-state index contributed by atoms with van der Waals surface area (Å²) < 4.78 is 17.5. The molecule has 0 aliphatic carbocycles. The number of hydrogen-bond donors (Lipinski definition) is 2. The lowest BCUT2D eigenvalue weighted by atomic mass is 10.3. The molecule has 0 radical (unpaired) electrons. The molecule has 2 rings (SSSR count). The number of pyridine rings is 1. The molecule has 0 bridgehead atoms. The van der Waals surface area contributed by atoms with Crippen LogP contribution in [0.15, 0.2) is 36.5 Å². The minimum atomic E-state index is -0.594. The minimum Gasteiger partial charge on any atom is -0.453 e. The van der Waals surface area contributed by atoms with Crippen LogP contribution in [0.5, 0.6) is 0 Å². The Kier molecular flexibility index (Phi) is 4.37. The molecule has 104 valence electrons. The number of nitrogens with one attached hydrogen (secondary N) is 2. The van der Waals surface area contributed by atoms with Crippen molar-refractivity contribution in [2.45, 2.75) is 0 Å². The number of nitrogens with zero attached hydrogens (tertiary/aromatic N) is 1. The molecule has 20 heavy (non-hydrogen) atoms. The standard InChI is InChI=1S/C13H11ClFN3O2/c1-20-13(19)18-12-5-3-9(7-16-12)17-8-2-4-11(15)10(14)6-8/h2-7,17H,1H3,(H,16,18,19). The summed E-state index contributed by atoms with van der Waals surface area (Å²) in [5.74, 6) is -0.118. The van der Waals surface area contributed by atoms with Crippen molar-refractivity contribution in [2.24, 2.45) is 0 Å². The van der Waals surface area contributed by atoms with Crippen LogP contribution in [0, 0.1) is 5.82 Å². The molecule has 0 unspecified atom stereocenters. The quantitative estimate of drug-likeness (QED) is 0.904. The van der Waals surface area contributed by atoms with Crippen LogP contribution in [0.25, 0.3) is 0 Å². The van der Waals surface area contributed by atoms with Crippen LogP contribution in [0.4, 0.5) is 26.4 Å². The molecule has 5 nitrogen and oxygen atoms in total. The third kappa shape index (κ3) is 3.58. The molecule has 0 aliphatic heterocycles. The molecule has 1 aromatic carbocycles. The number of benzene rings is 1. The zero-order chi connectivity index (χ0) is 14.5. The van der Waals surface area contributed by atoms with Crippen LogP contribution in [-0.4, -0.2) is 18.2 Å². The number of carbonyl (C=O) groups is 1. The molecule has 0 saturated carbocycles. The zero-order valence-corrected chi connectivity index (χ0v) is 11.2. The number of halogens is 2. The fourth-order valence-corrected chi connectivity index (χ4v) is 1.62. The number of hydrogen-bond acceptors (Lipinski definition) is 4. The lowest BCUT2D eigenvalue weighted by Crippen LogP contribution is -2.11. The summed E-state index contributed by atoms with van der Waals surface area (Å²) in [4.78, 5) is 15.0. The molecule has 2 aromatic rings. The molecular formula is C13H11ClFN3O2. The van der Waals surface area contributed by atoms with Gasteiger partial charge < -0.3 is 10.1 Å². The molecule has 0 fully saturated rings. The third-order valence-electron chi connectivity index (χ3n) is 2.39. The average molecular weight is 296 g/mol. The van der Waals surface area contributed by atoms with Gasteiger partial charge in [-0.25, -0.2) is 14.2 Å². The maximum Gasteiger partial charge on any atom is 0.412 e. The maximum atomic E-state index is 13.0. The first-order valence-corrected chi connectivity index (χ1v) is 5.99. The fraction of sp³-hybridized carbons (Fsp3) is 0.0769. The van der Waals surface area contributed by atoms with E-state index in [4.69, 9.17) is 11.6 Å². The van der Waals surface area contributed by atoms with Crippen molar-refractivity contribution in [3.05, 3.63) is 47.4 Å². The molecule has 2 N–H and O–H groups in total. The Balaban J connectivity index is 2.06. The Bertz CT molecular complexity index is 620. The maximum absolute atomic E-state index is 13.0. The molecule has 1 aromatic heterocycles. The van der Waals surface area contributed by atoms with Gasteiger partial charge in [-0.05, 0) is 30.3 Å². The van der Waals surface area contributed by atoms with E-state index in [0.29, 0.717) is 17.2 Å². The van der Waals surface area contributed by atoms with Gasteiger partial charge in [-0.3, -0.25) is 5.32 Å². The highest BCUT2D eigenvalue weighted by Crippen LogP contribution is 2.22. The van der Waals surface area contributed by atoms with E-state index in [9.17, 15) is 9.18 Å². The summed E-state index contributed by atoms with van der Waals surface area (Å²) in [5.41, 5.74) is 1.30. The Hall–Kier alpha value is -2.34. The van der Waals surface area contributed by atoms with E-state index in [1.807, 2.05) is 0 Å². The highest BCUT2D eigenvalue weighted by atomic mass is 35.5. The van der Waals surface area contributed by atoms with Crippen molar-refractivity contribution in [1.82, 2.24) is 4.98 Å². The highest BCUT2D eigenvalue weighted by molar-refractivity contribution is 6.31. The SMILES string of the molecule is COC(=O)Nc1ccc(Nc2ccc(F)c(Cl)c2)cn1. The van der Waals surface area contributed by atoms with Gasteiger partial charge in [-0.2, -0.15) is 0 Å². The Morgan fingerprint density at radius 1 is 1.30 bits per heavy atom. The number of methoxy groups -OCH3 is 1. The predicted molar refractivity (Wildman–Crippen MR) is 75.0 cm³/mol. The second kappa shape index (κ2) is 6.21. The topological polar surface area (TPSA) is 63.2 Å². The van der Waals surface area contributed by atoms with Crippen molar-refractivity contribution >= 4 is 34.9 Å². The average Bonchev–Trinajstić information content (AvgIpc) is 2.45. The summed E-state index contributed by atoms with van der Waals surface area (Å²) in [6.45, 7) is 0. The van der Waals surface area contributed by atoms with Crippen molar-refractivity contribution in [3.63, 3.8) is 0 Å². The number of carbonyl (C=O) groups excluding carboxylic acids is 1. The smallest absolute Gasteiger partial charge is 0.412 e. The molecule has 0 saturated heterocycles. The first-order chi connectivity index (χ1) is 9.58. The van der Waals surface area contributed by atoms with Crippen LogP contribution in [0.2, 0.25) is 5.02 Å². The molecule has 0 spiro atoms. The van der Waals surface area contributed by atoms with Crippen LogP contribution in [-0.2, 0) is 4.74 Å². The minimum absolute atomic E-state index is 0.0342. The Labute approximate surface area is 119 Å². The number of amides is 1. The van der Waals surface area contributed by atoms with Crippen molar-refractivity contribution < 1.29 is 13.9 Å². The van der Waals surface area contributed by atoms with Crippen molar-refractivity contribution in [2.75, 3.05) is 17.7 Å². The fourth-order valence-electron chi connectivity index (χ4n) is 1.44. The van der Waals surface area contributed by atoms with E-state index in [1.165, 1.54) is 25.4 Å². The summed E-state index contributed by atoms with van der Waals surface area (Å²) >= 11 is 5.69. The van der Waals surface area contributed by atoms with Gasteiger partial charge in [0.2, 0.25) is 0 Å². The van der Waals surface area contributed by atoms with Gasteiger partial charge in [0.05, 0.1) is 24.0 Å². The van der Waals surface area contributed by atoms with Crippen LogP contribution in [0.1, 0.15) is 0 Å². The van der Waals surface area contributed by atoms with E-state index in [-0.39, 0.29) is 5.02 Å². The number of aromatic nitrogens is 1.